The van der Waals surface area contributed by atoms with Crippen molar-refractivity contribution in [1.29, 1.82) is 0 Å². The van der Waals surface area contributed by atoms with Crippen LogP contribution in [0.25, 0.3) is 27.9 Å². The average Bonchev–Trinajstić information content (AvgIpc) is 2.77. The molecule has 0 aliphatic heterocycles. The number of carbonyl (C=O) groups is 2. The Morgan fingerprint density at radius 2 is 1.43 bits per heavy atom. The van der Waals surface area contributed by atoms with E-state index in [9.17, 15) is 14.7 Å². The lowest BCUT2D eigenvalue weighted by molar-refractivity contribution is -0.139. The zero-order valence-corrected chi connectivity index (χ0v) is 16.2. The lowest BCUT2D eigenvalue weighted by atomic mass is 10.0. The van der Waals surface area contributed by atoms with Crippen LogP contribution in [0.15, 0.2) is 84.9 Å². The van der Waals surface area contributed by atoms with Crippen molar-refractivity contribution in [2.75, 3.05) is 0 Å². The Bertz CT molecular complexity index is 1200. The summed E-state index contributed by atoms with van der Waals surface area (Å²) in [5.74, 6) is -1.51. The Morgan fingerprint density at radius 1 is 0.867 bits per heavy atom. The maximum Gasteiger partial charge on any atom is 0.326 e. The number of rotatable bonds is 6. The topological polar surface area (TPSA) is 79.3 Å². The maximum atomic E-state index is 13.2. The monoisotopic (exact) mass is 396 g/mol. The minimum absolute atomic E-state index is 0.177. The maximum absolute atomic E-state index is 13.2. The molecule has 5 heteroatoms. The number of hydrogen-bond donors (Lipinski definition) is 2. The summed E-state index contributed by atoms with van der Waals surface area (Å²) in [7, 11) is 0. The van der Waals surface area contributed by atoms with Crippen molar-refractivity contribution in [3.8, 4) is 0 Å². The van der Waals surface area contributed by atoms with Crippen molar-refractivity contribution in [3.05, 3.63) is 96.1 Å². The van der Waals surface area contributed by atoms with Gasteiger partial charge in [0.15, 0.2) is 0 Å². The second-order valence-electron chi connectivity index (χ2n) is 6.93. The third-order valence-electron chi connectivity index (χ3n) is 4.90. The molecule has 5 nitrogen and oxygen atoms in total. The third kappa shape index (κ3) is 4.05. The molecule has 4 aromatic rings. The largest absolute Gasteiger partial charge is 0.480 e. The summed E-state index contributed by atoms with van der Waals surface area (Å²) in [6.07, 6.45) is 3.79. The number of carboxylic acids is 1. The molecule has 1 aromatic heterocycles. The number of fused-ring (bicyclic) bond motifs is 2. The predicted octanol–water partition coefficient (Wildman–Crippen LogP) is 4.67. The summed E-state index contributed by atoms with van der Waals surface area (Å²) in [5, 5.41) is 13.7. The van der Waals surface area contributed by atoms with Crippen LogP contribution in [0.3, 0.4) is 0 Å². The second kappa shape index (κ2) is 8.57. The van der Waals surface area contributed by atoms with Crippen molar-refractivity contribution in [3.63, 3.8) is 0 Å². The van der Waals surface area contributed by atoms with E-state index >= 15 is 0 Å². The molecule has 0 bridgehead atoms. The molecular formula is C25H20N2O3. The number of carboxylic acid groups (broad SMARTS) is 1. The van der Waals surface area contributed by atoms with Crippen molar-refractivity contribution in [1.82, 2.24) is 10.3 Å². The highest BCUT2D eigenvalue weighted by Crippen LogP contribution is 2.26. The van der Waals surface area contributed by atoms with Gasteiger partial charge in [0, 0.05) is 10.8 Å². The van der Waals surface area contributed by atoms with Crippen LogP contribution >= 0.6 is 0 Å². The van der Waals surface area contributed by atoms with Gasteiger partial charge in [-0.1, -0.05) is 78.9 Å². The average molecular weight is 396 g/mol. The number of aromatic nitrogens is 1. The number of nitrogens with one attached hydrogen (secondary N) is 1. The van der Waals surface area contributed by atoms with Crippen molar-refractivity contribution in [2.45, 2.75) is 12.5 Å². The first-order valence-electron chi connectivity index (χ1n) is 9.66. The Kier molecular flexibility index (Phi) is 5.52. The van der Waals surface area contributed by atoms with Gasteiger partial charge in [-0.25, -0.2) is 9.78 Å². The highest BCUT2D eigenvalue weighted by atomic mass is 16.4. The molecule has 0 saturated carbocycles. The van der Waals surface area contributed by atoms with Crippen molar-refractivity contribution >= 4 is 39.8 Å². The highest BCUT2D eigenvalue weighted by Gasteiger charge is 2.22. The van der Waals surface area contributed by atoms with E-state index in [0.717, 1.165) is 5.56 Å². The minimum Gasteiger partial charge on any atom is -0.480 e. The normalized spacial score (nSPS) is 12.3. The number of carbonyl (C=O) groups excluding carboxylic acids is 1. The molecule has 0 radical (unpaired) electrons. The van der Waals surface area contributed by atoms with Gasteiger partial charge in [0.1, 0.15) is 6.04 Å². The first-order valence-corrected chi connectivity index (χ1v) is 9.66. The summed E-state index contributed by atoms with van der Waals surface area (Å²) in [5.41, 5.74) is 2.79. The van der Waals surface area contributed by atoms with E-state index in [-0.39, 0.29) is 6.42 Å². The molecule has 0 fully saturated rings. The molecule has 148 valence electrons. The number of pyridine rings is 1. The van der Waals surface area contributed by atoms with E-state index in [4.69, 9.17) is 0 Å². The van der Waals surface area contributed by atoms with Gasteiger partial charge in [0.2, 0.25) is 0 Å². The molecule has 1 amide bonds. The van der Waals surface area contributed by atoms with Gasteiger partial charge in [-0.2, -0.15) is 0 Å². The Labute approximate surface area is 173 Å². The fourth-order valence-corrected chi connectivity index (χ4v) is 3.44. The molecule has 0 aliphatic carbocycles. The van der Waals surface area contributed by atoms with E-state index in [1.165, 1.54) is 0 Å². The zero-order valence-electron chi connectivity index (χ0n) is 16.2. The van der Waals surface area contributed by atoms with E-state index in [2.05, 4.69) is 10.3 Å². The Morgan fingerprint density at radius 3 is 2.03 bits per heavy atom. The molecular weight excluding hydrogens is 376 g/mol. The number of hydrogen-bond acceptors (Lipinski definition) is 3. The lowest BCUT2D eigenvalue weighted by Crippen LogP contribution is -2.40. The van der Waals surface area contributed by atoms with Crippen LogP contribution < -0.4 is 5.32 Å². The van der Waals surface area contributed by atoms with Crippen LogP contribution in [0.2, 0.25) is 0 Å². The van der Waals surface area contributed by atoms with E-state index in [0.29, 0.717) is 27.4 Å². The van der Waals surface area contributed by atoms with Crippen molar-refractivity contribution in [2.24, 2.45) is 0 Å². The molecule has 4 rings (SSSR count). The van der Waals surface area contributed by atoms with Crippen LogP contribution in [-0.2, 0) is 4.79 Å². The molecule has 0 aliphatic rings. The molecule has 0 saturated heterocycles. The SMILES string of the molecule is O=C(N[C@H](C/C=C/c1ccccc1)C(=O)O)c1c2ccccc2nc2ccccc12. The fourth-order valence-electron chi connectivity index (χ4n) is 3.44. The molecule has 0 unspecified atom stereocenters. The molecule has 1 heterocycles. The number of para-hydroxylation sites is 2. The van der Waals surface area contributed by atoms with Crippen LogP contribution in [0.5, 0.6) is 0 Å². The second-order valence-corrected chi connectivity index (χ2v) is 6.93. The number of aliphatic carboxylic acids is 1. The summed E-state index contributed by atoms with van der Waals surface area (Å²) < 4.78 is 0. The van der Waals surface area contributed by atoms with Gasteiger partial charge in [-0.05, 0) is 24.1 Å². The van der Waals surface area contributed by atoms with Crippen LogP contribution in [-0.4, -0.2) is 28.0 Å². The molecule has 30 heavy (non-hydrogen) atoms. The third-order valence-corrected chi connectivity index (χ3v) is 4.90. The minimum atomic E-state index is -1.08. The zero-order chi connectivity index (χ0) is 20.9. The summed E-state index contributed by atoms with van der Waals surface area (Å²) >= 11 is 0. The van der Waals surface area contributed by atoms with Crippen LogP contribution in [0, 0.1) is 0 Å². The van der Waals surface area contributed by atoms with Gasteiger partial charge < -0.3 is 10.4 Å². The molecule has 2 N–H and O–H groups in total. The molecule has 0 spiro atoms. The molecule has 1 atom stereocenters. The van der Waals surface area contributed by atoms with Gasteiger partial charge in [0.05, 0.1) is 16.6 Å². The number of nitrogens with zero attached hydrogens (tertiary/aromatic N) is 1. The van der Waals surface area contributed by atoms with Crippen LogP contribution in [0.1, 0.15) is 22.3 Å². The first kappa shape index (κ1) is 19.3. The van der Waals surface area contributed by atoms with Gasteiger partial charge >= 0.3 is 5.97 Å². The van der Waals surface area contributed by atoms with Crippen LogP contribution in [0.4, 0.5) is 0 Å². The highest BCUT2D eigenvalue weighted by molar-refractivity contribution is 6.16. The summed E-state index contributed by atoms with van der Waals surface area (Å²) in [6.45, 7) is 0. The molecule has 3 aromatic carbocycles. The standard InChI is InChI=1S/C25H20N2O3/c28-24(27-22(25(29)30)16-8-11-17-9-2-1-3-10-17)23-18-12-4-6-14-20(18)26-21-15-7-5-13-19(21)23/h1-15,22H,16H2,(H,27,28)(H,29,30)/b11-8+/t22-/m1/s1. The van der Waals surface area contributed by atoms with Gasteiger partial charge in [-0.15, -0.1) is 0 Å². The van der Waals surface area contributed by atoms with E-state index in [1.54, 1.807) is 6.08 Å². The smallest absolute Gasteiger partial charge is 0.326 e. The quantitative estimate of drug-likeness (QED) is 0.464. The fraction of sp³-hybridized carbons (Fsp3) is 0.0800. The number of amides is 1. The Hall–Kier alpha value is -3.99. The predicted molar refractivity (Wildman–Crippen MR) is 118 cm³/mol. The van der Waals surface area contributed by atoms with Gasteiger partial charge in [0.25, 0.3) is 5.91 Å². The summed E-state index contributed by atoms with van der Waals surface area (Å²) in [6, 6.07) is 23.3. The Balaban J connectivity index is 1.65. The summed E-state index contributed by atoms with van der Waals surface area (Å²) in [4.78, 5) is 29.6. The van der Waals surface area contributed by atoms with Crippen molar-refractivity contribution < 1.29 is 14.7 Å². The lowest BCUT2D eigenvalue weighted by Gasteiger charge is -2.15. The number of benzene rings is 3. The van der Waals surface area contributed by atoms with E-state index in [1.807, 2.05) is 84.9 Å². The van der Waals surface area contributed by atoms with E-state index < -0.39 is 17.9 Å². The van der Waals surface area contributed by atoms with Gasteiger partial charge in [-0.3, -0.25) is 4.79 Å². The first-order chi connectivity index (χ1) is 14.6.